The minimum atomic E-state index is -5.71. The third-order valence-corrected chi connectivity index (χ3v) is 15.5. The minimum Gasteiger partial charge on any atom is -0.462 e. The molecule has 0 spiro atoms. The van der Waals surface area contributed by atoms with Gasteiger partial charge < -0.3 is 50.2 Å². The van der Waals surface area contributed by atoms with Gasteiger partial charge in [-0.05, 0) is 57.4 Å². The first kappa shape index (κ1) is 64.1. The first-order valence-electron chi connectivity index (χ1n) is 26.5. The molecule has 0 amide bonds. The van der Waals surface area contributed by atoms with Crippen LogP contribution in [0.3, 0.4) is 0 Å². The lowest BCUT2D eigenvalue weighted by molar-refractivity contribution is -0.188. The maximum absolute atomic E-state index is 14.0. The normalized spacial score (nSPS) is 29.4. The Morgan fingerprint density at radius 1 is 0.836 bits per heavy atom. The van der Waals surface area contributed by atoms with Crippen LogP contribution in [0.1, 0.15) is 181 Å². The number of fused-ring (bicyclic) bond motifs is 3. The van der Waals surface area contributed by atoms with Crippen molar-refractivity contribution in [1.82, 2.24) is 9.55 Å². The average Bonchev–Trinajstić information content (AvgIpc) is 3.33. The largest absolute Gasteiger partial charge is 0.481 e. The molecular weight excluding hydrogens is 993 g/mol. The number of phosphoric acid groups is 2. The number of nitrogen functional groups attached to an aromatic ring is 1. The number of cyclic esters (lactones) is 1. The maximum atomic E-state index is 14.0. The number of Topliss-reactive ketones (excluding diaryl/α,β-unsaturated/α-hetero) is 1. The number of nitrogens with two attached hydrogens (primary N) is 1. The number of aliphatic hydroxyl groups is 4. The molecule has 3 rings (SSSR count). The number of aliphatic hydroxyl groups excluding tert-OH is 4. The zero-order valence-electron chi connectivity index (χ0n) is 42.9. The second-order valence-electron chi connectivity index (χ2n) is 19.2. The quantitative estimate of drug-likeness (QED) is 0.0240. The fraction of sp³-hybridized carbons (Fsp3) is 0.780. The molecule has 0 saturated carbocycles. The summed E-state index contributed by atoms with van der Waals surface area (Å²) in [6.45, 7) is 1.47. The van der Waals surface area contributed by atoms with Crippen molar-refractivity contribution in [3.8, 4) is 0 Å². The van der Waals surface area contributed by atoms with Crippen molar-refractivity contribution in [3.63, 3.8) is 0 Å². The SMILES string of the molecule is CCCCCCCC/C=C\CCCCCCCC(=O)O[C@@H]1COC(=O)CCCCCC[C@@H]2[C@H](n3ccc(N)nc3=O)O[C@H](COP(=O)(O)OP(=O)(O)OC1)[C@@H](O)[C@@H](O)[C@@H](C=C[C@@H](O)CCCCC)C(=O)C[C@@H]2O. The summed E-state index contributed by atoms with van der Waals surface area (Å²) < 4.78 is 59.1. The highest BCUT2D eigenvalue weighted by Crippen LogP contribution is 2.60. The van der Waals surface area contributed by atoms with Crippen molar-refractivity contribution in [2.24, 2.45) is 11.8 Å². The molecule has 2 unspecified atom stereocenters. The lowest BCUT2D eigenvalue weighted by Gasteiger charge is -2.39. The van der Waals surface area contributed by atoms with Gasteiger partial charge in [0.1, 0.15) is 36.6 Å². The van der Waals surface area contributed by atoms with E-state index in [2.05, 4.69) is 28.4 Å². The Hall–Kier alpha value is -3.17. The second-order valence-corrected chi connectivity index (χ2v) is 22.2. The molecule has 2 saturated heterocycles. The molecule has 0 radical (unpaired) electrons. The fourth-order valence-electron chi connectivity index (χ4n) is 8.68. The van der Waals surface area contributed by atoms with Crippen LogP contribution >= 0.6 is 15.6 Å². The van der Waals surface area contributed by atoms with Gasteiger partial charge in [-0.15, -0.1) is 0 Å². The first-order chi connectivity index (χ1) is 34.9. The summed E-state index contributed by atoms with van der Waals surface area (Å²) in [5.74, 6) is -5.06. The second kappa shape index (κ2) is 35.2. The van der Waals surface area contributed by atoms with Crippen molar-refractivity contribution >= 4 is 39.2 Å². The van der Waals surface area contributed by atoms with Crippen LogP contribution in [-0.4, -0.2) is 114 Å². The van der Waals surface area contributed by atoms with Gasteiger partial charge in [-0.25, -0.2) is 13.9 Å². The van der Waals surface area contributed by atoms with Crippen molar-refractivity contribution in [2.75, 3.05) is 25.6 Å². The number of allylic oxidation sites excluding steroid dienone is 2. The molecule has 0 aliphatic carbocycles. The van der Waals surface area contributed by atoms with Gasteiger partial charge in [-0.2, -0.15) is 9.29 Å². The number of hydrogen-bond donors (Lipinski definition) is 7. The number of unbranched alkanes of at least 4 members (excludes halogenated alkanes) is 13. The summed E-state index contributed by atoms with van der Waals surface area (Å²) in [5.41, 5.74) is 4.78. The number of anilines is 1. The molecule has 418 valence electrons. The number of carbonyl (C=O) groups excluding carboxylic acids is 3. The summed E-state index contributed by atoms with van der Waals surface area (Å²) in [5, 5.41) is 45.8. The maximum Gasteiger partial charge on any atom is 0.481 e. The number of ether oxygens (including phenoxy) is 3. The van der Waals surface area contributed by atoms with E-state index in [1.54, 1.807) is 0 Å². The van der Waals surface area contributed by atoms with E-state index in [0.29, 0.717) is 44.9 Å². The molecule has 2 bridgehead atoms. The van der Waals surface area contributed by atoms with Gasteiger partial charge in [0, 0.05) is 31.4 Å². The van der Waals surface area contributed by atoms with E-state index in [0.717, 1.165) is 55.9 Å². The van der Waals surface area contributed by atoms with Crippen LogP contribution in [0, 0.1) is 11.8 Å². The van der Waals surface area contributed by atoms with E-state index in [1.807, 2.05) is 6.92 Å². The summed E-state index contributed by atoms with van der Waals surface area (Å²) in [6.07, 6.45) is 13.7. The molecule has 21 nitrogen and oxygen atoms in total. The average molecular weight is 1080 g/mol. The lowest BCUT2D eigenvalue weighted by atomic mass is 9.83. The van der Waals surface area contributed by atoms with Gasteiger partial charge >= 0.3 is 33.3 Å². The van der Waals surface area contributed by atoms with Crippen LogP contribution in [0.5, 0.6) is 0 Å². The Balaban J connectivity index is 1.79. The summed E-state index contributed by atoms with van der Waals surface area (Å²) >= 11 is 0. The highest BCUT2D eigenvalue weighted by molar-refractivity contribution is 7.61. The Bertz CT molecular complexity index is 1990. The zero-order valence-corrected chi connectivity index (χ0v) is 44.7. The minimum absolute atomic E-state index is 0.00618. The molecule has 73 heavy (non-hydrogen) atoms. The van der Waals surface area contributed by atoms with E-state index in [4.69, 9.17) is 29.0 Å². The Labute approximate surface area is 430 Å². The Morgan fingerprint density at radius 2 is 1.45 bits per heavy atom. The van der Waals surface area contributed by atoms with Crippen LogP contribution in [0.2, 0.25) is 0 Å². The van der Waals surface area contributed by atoms with Crippen LogP contribution < -0.4 is 11.4 Å². The molecule has 2 aliphatic heterocycles. The van der Waals surface area contributed by atoms with Crippen LogP contribution in [0.25, 0.3) is 0 Å². The number of esters is 2. The van der Waals surface area contributed by atoms with Gasteiger partial charge in [0.15, 0.2) is 6.10 Å². The fourth-order valence-corrected chi connectivity index (χ4v) is 10.8. The molecule has 0 aromatic carbocycles. The van der Waals surface area contributed by atoms with Crippen molar-refractivity contribution < 1.29 is 81.3 Å². The topological polar surface area (TPSA) is 323 Å². The van der Waals surface area contributed by atoms with Crippen LogP contribution in [0.15, 0.2) is 41.4 Å². The zero-order chi connectivity index (χ0) is 53.7. The smallest absolute Gasteiger partial charge is 0.462 e. The number of rotatable bonds is 23. The monoisotopic (exact) mass is 1080 g/mol. The Kier molecular flexibility index (Phi) is 30.9. The number of aromatic nitrogens is 2. The number of phosphoric ester groups is 2. The van der Waals surface area contributed by atoms with Crippen molar-refractivity contribution in [2.45, 2.75) is 217 Å². The predicted molar refractivity (Wildman–Crippen MR) is 271 cm³/mol. The number of hydrogen-bond acceptors (Lipinski definition) is 18. The molecule has 8 N–H and O–H groups in total. The molecule has 11 atom stereocenters. The summed E-state index contributed by atoms with van der Waals surface area (Å²) in [4.78, 5) is 78.2. The Morgan fingerprint density at radius 3 is 2.12 bits per heavy atom. The third-order valence-electron chi connectivity index (χ3n) is 12.9. The van der Waals surface area contributed by atoms with Gasteiger partial charge in [0.25, 0.3) is 0 Å². The summed E-state index contributed by atoms with van der Waals surface area (Å²) in [7, 11) is -11.3. The van der Waals surface area contributed by atoms with Crippen molar-refractivity contribution in [1.29, 1.82) is 0 Å². The van der Waals surface area contributed by atoms with Gasteiger partial charge in [-0.1, -0.05) is 128 Å². The molecule has 1 aromatic heterocycles. The predicted octanol–water partition coefficient (Wildman–Crippen LogP) is 7.59. The molecule has 3 heterocycles. The number of carbonyl (C=O) groups is 3. The molecule has 2 fully saturated rings. The lowest BCUT2D eigenvalue weighted by Crippen LogP contribution is -2.51. The first-order valence-corrected chi connectivity index (χ1v) is 29.4. The van der Waals surface area contributed by atoms with Gasteiger partial charge in [-0.3, -0.25) is 28.0 Å². The van der Waals surface area contributed by atoms with Crippen LogP contribution in [0.4, 0.5) is 5.82 Å². The van der Waals surface area contributed by atoms with E-state index < -0.39 is 120 Å². The third kappa shape index (κ3) is 26.0. The molecular formula is C50H85N3O18P2. The highest BCUT2D eigenvalue weighted by atomic mass is 31.3. The van der Waals surface area contributed by atoms with E-state index in [1.165, 1.54) is 62.9 Å². The highest BCUT2D eigenvalue weighted by Gasteiger charge is 2.45. The van der Waals surface area contributed by atoms with Gasteiger partial charge in [0.2, 0.25) is 0 Å². The van der Waals surface area contributed by atoms with E-state index in [9.17, 15) is 58.5 Å². The number of ketones is 1. The van der Waals surface area contributed by atoms with Crippen molar-refractivity contribution in [3.05, 3.63) is 47.1 Å². The van der Waals surface area contributed by atoms with Gasteiger partial charge in [0.05, 0.1) is 37.4 Å². The molecule has 2 aliphatic rings. The number of nitrogens with zero attached hydrogens (tertiary/aromatic N) is 2. The summed E-state index contributed by atoms with van der Waals surface area (Å²) in [6, 6.07) is 1.24. The molecule has 23 heteroatoms. The van der Waals surface area contributed by atoms with E-state index >= 15 is 0 Å². The molecule has 1 aromatic rings. The van der Waals surface area contributed by atoms with E-state index in [-0.39, 0.29) is 25.1 Å². The van der Waals surface area contributed by atoms with Crippen LogP contribution in [-0.2, 0) is 51.1 Å². The standard InChI is InChI=1S/C50H85N3O18P2/c1-3-5-7-8-9-10-11-12-13-14-15-16-17-18-24-28-46(58)69-38-34-66-45(57)27-23-20-19-22-26-40-42(56)33-41(55)39(30-29-37(54)25-21-6-4-2)47(59)48(60)43(36-68-73(64,65)71-72(62,63)67-35-38)70-49(40)53-32-31-44(51)52-50(53)61/h12-13,29-32,37-40,42-43,47-49,54,56,59-60H,3-11,14-28,33-36H2,1-2H3,(H,62,63)(H,64,65)(H2,51,52,61)/b13-12-,30-29?/t37-,38+,39-,40-,42-,43+,47-,48+,49+/m0/s1.